The maximum atomic E-state index is 10.8. The fraction of sp³-hybridized carbons (Fsp3) is 0.200. The van der Waals surface area contributed by atoms with E-state index in [1.54, 1.807) is 12.3 Å². The molecule has 0 aliphatic heterocycles. The molecule has 2 N–H and O–H groups in total. The molecule has 14 heavy (non-hydrogen) atoms. The van der Waals surface area contributed by atoms with Gasteiger partial charge in [-0.25, -0.2) is 9.78 Å². The molecule has 0 spiro atoms. The van der Waals surface area contributed by atoms with Crippen molar-refractivity contribution in [1.29, 1.82) is 0 Å². The van der Waals surface area contributed by atoms with Gasteiger partial charge in [0.05, 0.1) is 7.11 Å². The van der Waals surface area contributed by atoms with Crippen molar-refractivity contribution in [2.75, 3.05) is 12.8 Å². The number of anilines is 1. The molecular weight excluding hydrogens is 180 g/mol. The van der Waals surface area contributed by atoms with E-state index in [1.807, 2.05) is 13.0 Å². The van der Waals surface area contributed by atoms with Crippen molar-refractivity contribution in [3.05, 3.63) is 29.5 Å². The molecule has 1 rings (SSSR count). The Morgan fingerprint density at radius 3 is 3.00 bits per heavy atom. The number of aryl methyl sites for hydroxylation is 1. The van der Waals surface area contributed by atoms with Crippen LogP contribution in [0.1, 0.15) is 11.1 Å². The lowest BCUT2D eigenvalue weighted by Gasteiger charge is -1.99. The highest BCUT2D eigenvalue weighted by atomic mass is 16.5. The molecular formula is C10H12N2O2. The quantitative estimate of drug-likeness (QED) is 0.564. The standard InChI is InChI=1S/C10H12N2O2/c1-7-5-8(10(11)12-6-7)3-4-9(13)14-2/h3-6H,1-2H3,(H2,11,12). The number of rotatable bonds is 2. The van der Waals surface area contributed by atoms with Crippen LogP contribution >= 0.6 is 0 Å². The number of carbonyl (C=O) groups is 1. The number of methoxy groups -OCH3 is 1. The first-order chi connectivity index (χ1) is 6.63. The summed E-state index contributed by atoms with van der Waals surface area (Å²) >= 11 is 0. The molecule has 0 aromatic carbocycles. The minimum Gasteiger partial charge on any atom is -0.466 e. The third kappa shape index (κ3) is 2.58. The van der Waals surface area contributed by atoms with Gasteiger partial charge in [-0.15, -0.1) is 0 Å². The molecule has 0 saturated heterocycles. The van der Waals surface area contributed by atoms with Crippen LogP contribution in [-0.2, 0) is 9.53 Å². The van der Waals surface area contributed by atoms with Crippen molar-refractivity contribution < 1.29 is 9.53 Å². The second kappa shape index (κ2) is 4.41. The lowest BCUT2D eigenvalue weighted by atomic mass is 10.2. The monoisotopic (exact) mass is 192 g/mol. The summed E-state index contributed by atoms with van der Waals surface area (Å²) in [6.45, 7) is 1.90. The van der Waals surface area contributed by atoms with E-state index in [9.17, 15) is 4.79 Å². The molecule has 4 nitrogen and oxygen atoms in total. The Kier molecular flexibility index (Phi) is 3.23. The summed E-state index contributed by atoms with van der Waals surface area (Å²) in [6, 6.07) is 1.85. The number of nitrogens with zero attached hydrogens (tertiary/aromatic N) is 1. The van der Waals surface area contributed by atoms with Crippen LogP contribution in [0.2, 0.25) is 0 Å². The van der Waals surface area contributed by atoms with Gasteiger partial charge < -0.3 is 10.5 Å². The Morgan fingerprint density at radius 2 is 2.36 bits per heavy atom. The molecule has 0 bridgehead atoms. The van der Waals surface area contributed by atoms with Gasteiger partial charge in [0.2, 0.25) is 0 Å². The van der Waals surface area contributed by atoms with Crippen LogP contribution in [0.5, 0.6) is 0 Å². The zero-order valence-corrected chi connectivity index (χ0v) is 8.15. The first-order valence-electron chi connectivity index (χ1n) is 4.11. The molecule has 0 aliphatic carbocycles. The van der Waals surface area contributed by atoms with Crippen LogP contribution in [-0.4, -0.2) is 18.1 Å². The molecule has 0 saturated carbocycles. The van der Waals surface area contributed by atoms with Crippen LogP contribution in [0.25, 0.3) is 6.08 Å². The van der Waals surface area contributed by atoms with Crippen molar-refractivity contribution in [1.82, 2.24) is 4.98 Å². The molecule has 1 aromatic heterocycles. The van der Waals surface area contributed by atoms with E-state index in [-0.39, 0.29) is 0 Å². The summed E-state index contributed by atoms with van der Waals surface area (Å²) in [7, 11) is 1.32. The largest absolute Gasteiger partial charge is 0.466 e. The average molecular weight is 192 g/mol. The van der Waals surface area contributed by atoms with Crippen molar-refractivity contribution in [2.24, 2.45) is 0 Å². The van der Waals surface area contributed by atoms with Crippen LogP contribution in [0, 0.1) is 6.92 Å². The second-order valence-electron chi connectivity index (χ2n) is 2.84. The van der Waals surface area contributed by atoms with Crippen molar-refractivity contribution in [3.63, 3.8) is 0 Å². The topological polar surface area (TPSA) is 65.2 Å². The number of esters is 1. The number of hydrogen-bond acceptors (Lipinski definition) is 4. The molecule has 4 heteroatoms. The number of nitrogens with two attached hydrogens (primary N) is 1. The van der Waals surface area contributed by atoms with Crippen molar-refractivity contribution in [3.8, 4) is 0 Å². The first-order valence-corrected chi connectivity index (χ1v) is 4.11. The Morgan fingerprint density at radius 1 is 1.64 bits per heavy atom. The van der Waals surface area contributed by atoms with Crippen LogP contribution in [0.15, 0.2) is 18.3 Å². The van der Waals surface area contributed by atoms with E-state index in [0.29, 0.717) is 5.82 Å². The van der Waals surface area contributed by atoms with Crippen molar-refractivity contribution >= 4 is 17.9 Å². The summed E-state index contributed by atoms with van der Waals surface area (Å²) < 4.78 is 4.46. The minimum atomic E-state index is -0.411. The lowest BCUT2D eigenvalue weighted by molar-refractivity contribution is -0.134. The molecule has 0 unspecified atom stereocenters. The fourth-order valence-electron chi connectivity index (χ4n) is 0.962. The van der Waals surface area contributed by atoms with E-state index in [2.05, 4.69) is 9.72 Å². The van der Waals surface area contributed by atoms with Gasteiger partial charge in [-0.1, -0.05) is 0 Å². The number of ether oxygens (including phenoxy) is 1. The van der Waals surface area contributed by atoms with Gasteiger partial charge in [-0.05, 0) is 24.6 Å². The predicted molar refractivity (Wildman–Crippen MR) is 54.4 cm³/mol. The van der Waals surface area contributed by atoms with Gasteiger partial charge >= 0.3 is 5.97 Å². The van der Waals surface area contributed by atoms with Gasteiger partial charge in [-0.3, -0.25) is 0 Å². The second-order valence-corrected chi connectivity index (χ2v) is 2.84. The van der Waals surface area contributed by atoms with E-state index < -0.39 is 5.97 Å². The van der Waals surface area contributed by atoms with Gasteiger partial charge in [0.1, 0.15) is 5.82 Å². The summed E-state index contributed by atoms with van der Waals surface area (Å²) in [4.78, 5) is 14.8. The number of nitrogen functional groups attached to an aromatic ring is 1. The van der Waals surface area contributed by atoms with E-state index in [0.717, 1.165) is 11.1 Å². The molecule has 0 radical (unpaired) electrons. The normalized spacial score (nSPS) is 10.4. The Labute approximate surface area is 82.4 Å². The minimum absolute atomic E-state index is 0.399. The van der Waals surface area contributed by atoms with Gasteiger partial charge in [-0.2, -0.15) is 0 Å². The molecule has 0 aliphatic rings. The maximum Gasteiger partial charge on any atom is 0.330 e. The SMILES string of the molecule is COC(=O)C=Cc1cc(C)cnc1N. The number of pyridine rings is 1. The average Bonchev–Trinajstić information content (AvgIpc) is 2.19. The third-order valence-corrected chi connectivity index (χ3v) is 1.69. The molecule has 1 heterocycles. The molecule has 0 fully saturated rings. The fourth-order valence-corrected chi connectivity index (χ4v) is 0.962. The zero-order valence-electron chi connectivity index (χ0n) is 8.15. The maximum absolute atomic E-state index is 10.8. The summed E-state index contributed by atoms with van der Waals surface area (Å²) in [6.07, 6.45) is 4.57. The van der Waals surface area contributed by atoms with E-state index >= 15 is 0 Å². The highest BCUT2D eigenvalue weighted by molar-refractivity contribution is 5.87. The van der Waals surface area contributed by atoms with E-state index in [1.165, 1.54) is 13.2 Å². The third-order valence-electron chi connectivity index (χ3n) is 1.69. The van der Waals surface area contributed by atoms with Gasteiger partial charge in [0, 0.05) is 17.8 Å². The van der Waals surface area contributed by atoms with Crippen LogP contribution in [0.4, 0.5) is 5.82 Å². The molecule has 0 atom stereocenters. The number of aromatic nitrogens is 1. The van der Waals surface area contributed by atoms with E-state index in [4.69, 9.17) is 5.73 Å². The summed E-state index contributed by atoms with van der Waals surface area (Å²) in [5.74, 6) is -0.0124. The zero-order chi connectivity index (χ0) is 10.6. The smallest absolute Gasteiger partial charge is 0.330 e. The molecule has 74 valence electrons. The Bertz CT molecular complexity index is 372. The highest BCUT2D eigenvalue weighted by Crippen LogP contribution is 2.11. The summed E-state index contributed by atoms with van der Waals surface area (Å²) in [5, 5.41) is 0. The molecule has 0 amide bonds. The summed E-state index contributed by atoms with van der Waals surface area (Å²) in [5.41, 5.74) is 7.31. The Balaban J connectivity index is 2.90. The highest BCUT2D eigenvalue weighted by Gasteiger charge is 1.98. The lowest BCUT2D eigenvalue weighted by Crippen LogP contribution is -1.96. The van der Waals surface area contributed by atoms with Crippen LogP contribution in [0.3, 0.4) is 0 Å². The molecule has 1 aromatic rings. The van der Waals surface area contributed by atoms with Crippen molar-refractivity contribution in [2.45, 2.75) is 6.92 Å². The predicted octanol–water partition coefficient (Wildman–Crippen LogP) is 1.16. The first kappa shape index (κ1) is 10.2. The number of carbonyl (C=O) groups excluding carboxylic acids is 1. The van der Waals surface area contributed by atoms with Crippen LogP contribution < -0.4 is 5.73 Å². The van der Waals surface area contributed by atoms with Gasteiger partial charge in [0.15, 0.2) is 0 Å². The van der Waals surface area contributed by atoms with Gasteiger partial charge in [0.25, 0.3) is 0 Å². The Hall–Kier alpha value is -1.84. The number of hydrogen-bond donors (Lipinski definition) is 1.